The molecule has 1 rings (SSSR count). The van der Waals surface area contributed by atoms with Crippen LogP contribution in [0.15, 0.2) is 35.5 Å². The van der Waals surface area contributed by atoms with Gasteiger partial charge in [0.2, 0.25) is 0 Å². The SMILES string of the molecule is CC(CO)SC(C/C(N)=N/O)c1ccccc1. The first-order valence-electron chi connectivity index (χ1n) is 5.45. The molecule has 17 heavy (non-hydrogen) atoms. The molecule has 0 aliphatic heterocycles. The smallest absolute Gasteiger partial charge is 0.140 e. The number of amidine groups is 1. The predicted octanol–water partition coefficient (Wildman–Crippen LogP) is 1.98. The van der Waals surface area contributed by atoms with Crippen molar-refractivity contribution in [1.82, 2.24) is 0 Å². The second-order valence-corrected chi connectivity index (χ2v) is 5.47. The minimum Gasteiger partial charge on any atom is -0.409 e. The number of aliphatic hydroxyl groups is 1. The molecule has 0 aliphatic carbocycles. The van der Waals surface area contributed by atoms with E-state index in [9.17, 15) is 0 Å². The van der Waals surface area contributed by atoms with Crippen molar-refractivity contribution in [2.75, 3.05) is 6.61 Å². The molecule has 4 nitrogen and oxygen atoms in total. The molecule has 0 spiro atoms. The first kappa shape index (κ1) is 13.9. The molecule has 0 amide bonds. The highest BCUT2D eigenvalue weighted by Gasteiger charge is 2.17. The molecular formula is C12H18N2O2S. The quantitative estimate of drug-likeness (QED) is 0.314. The maximum absolute atomic E-state index is 9.09. The van der Waals surface area contributed by atoms with Gasteiger partial charge in [-0.15, -0.1) is 11.8 Å². The van der Waals surface area contributed by atoms with Crippen molar-refractivity contribution in [1.29, 1.82) is 0 Å². The molecule has 0 aromatic heterocycles. The van der Waals surface area contributed by atoms with Crippen LogP contribution in [0.2, 0.25) is 0 Å². The number of nitrogens with zero attached hydrogens (tertiary/aromatic N) is 1. The Bertz CT molecular complexity index is 357. The van der Waals surface area contributed by atoms with Gasteiger partial charge in [-0.3, -0.25) is 0 Å². The van der Waals surface area contributed by atoms with Crippen molar-refractivity contribution in [3.05, 3.63) is 35.9 Å². The summed E-state index contributed by atoms with van der Waals surface area (Å²) < 4.78 is 0. The zero-order chi connectivity index (χ0) is 12.7. The molecule has 4 N–H and O–H groups in total. The summed E-state index contributed by atoms with van der Waals surface area (Å²) in [7, 11) is 0. The summed E-state index contributed by atoms with van der Waals surface area (Å²) >= 11 is 1.62. The summed E-state index contributed by atoms with van der Waals surface area (Å²) in [5, 5.41) is 20.9. The Morgan fingerprint density at radius 3 is 2.59 bits per heavy atom. The van der Waals surface area contributed by atoms with Gasteiger partial charge in [0.05, 0.1) is 6.61 Å². The van der Waals surface area contributed by atoms with Crippen molar-refractivity contribution in [3.63, 3.8) is 0 Å². The van der Waals surface area contributed by atoms with Crippen molar-refractivity contribution < 1.29 is 10.3 Å². The number of nitrogens with two attached hydrogens (primary N) is 1. The van der Waals surface area contributed by atoms with E-state index in [2.05, 4.69) is 5.16 Å². The molecule has 0 radical (unpaired) electrons. The van der Waals surface area contributed by atoms with E-state index in [1.165, 1.54) is 0 Å². The summed E-state index contributed by atoms with van der Waals surface area (Å²) in [5.74, 6) is 0.205. The second kappa shape index (κ2) is 7.19. The zero-order valence-corrected chi connectivity index (χ0v) is 10.6. The molecule has 0 aliphatic rings. The Kier molecular flexibility index (Phi) is 5.86. The van der Waals surface area contributed by atoms with E-state index in [4.69, 9.17) is 16.0 Å². The molecule has 1 aromatic rings. The highest BCUT2D eigenvalue weighted by Crippen LogP contribution is 2.34. The summed E-state index contributed by atoms with van der Waals surface area (Å²) in [6.07, 6.45) is 0.468. The van der Waals surface area contributed by atoms with Gasteiger partial charge in [-0.05, 0) is 5.56 Å². The average molecular weight is 254 g/mol. The van der Waals surface area contributed by atoms with E-state index in [0.717, 1.165) is 5.56 Å². The van der Waals surface area contributed by atoms with Crippen LogP contribution in [0.1, 0.15) is 24.2 Å². The molecule has 0 saturated heterocycles. The molecule has 94 valence electrons. The van der Waals surface area contributed by atoms with Gasteiger partial charge in [0, 0.05) is 16.9 Å². The van der Waals surface area contributed by atoms with Gasteiger partial charge >= 0.3 is 0 Å². The largest absolute Gasteiger partial charge is 0.409 e. The number of rotatable bonds is 6. The Labute approximate surface area is 106 Å². The fourth-order valence-corrected chi connectivity index (χ4v) is 2.69. The van der Waals surface area contributed by atoms with Crippen LogP contribution in [0.4, 0.5) is 0 Å². The highest BCUT2D eigenvalue weighted by atomic mass is 32.2. The van der Waals surface area contributed by atoms with E-state index >= 15 is 0 Å². The van der Waals surface area contributed by atoms with Gasteiger partial charge in [-0.2, -0.15) is 0 Å². The first-order chi connectivity index (χ1) is 8.17. The molecule has 1 aromatic carbocycles. The summed E-state index contributed by atoms with van der Waals surface area (Å²) in [4.78, 5) is 0. The lowest BCUT2D eigenvalue weighted by Gasteiger charge is -2.19. The Balaban J connectivity index is 2.79. The van der Waals surface area contributed by atoms with Crippen LogP contribution in [-0.4, -0.2) is 28.0 Å². The number of hydrogen-bond donors (Lipinski definition) is 3. The molecule has 0 saturated carbocycles. The topological polar surface area (TPSA) is 78.8 Å². The number of hydrogen-bond acceptors (Lipinski definition) is 4. The molecule has 0 fully saturated rings. The Hall–Kier alpha value is -1.20. The van der Waals surface area contributed by atoms with Crippen molar-refractivity contribution >= 4 is 17.6 Å². The number of aliphatic hydroxyl groups excluding tert-OH is 1. The highest BCUT2D eigenvalue weighted by molar-refractivity contribution is 8.00. The average Bonchev–Trinajstić information content (AvgIpc) is 2.38. The first-order valence-corrected chi connectivity index (χ1v) is 6.39. The van der Waals surface area contributed by atoms with E-state index in [0.29, 0.717) is 6.42 Å². The molecule has 0 heterocycles. The summed E-state index contributed by atoms with van der Waals surface area (Å²) in [6.45, 7) is 2.07. The standard InChI is InChI=1S/C12H18N2O2S/c1-9(8-15)17-11(7-12(13)14-16)10-5-3-2-4-6-10/h2-6,9,11,15-16H,7-8H2,1H3,(H2,13,14). The number of thioether (sulfide) groups is 1. The maximum atomic E-state index is 9.09. The van der Waals surface area contributed by atoms with Crippen LogP contribution in [0.25, 0.3) is 0 Å². The van der Waals surface area contributed by atoms with Crippen LogP contribution < -0.4 is 5.73 Å². The molecule has 2 atom stereocenters. The molecular weight excluding hydrogens is 236 g/mol. The van der Waals surface area contributed by atoms with Gasteiger partial charge < -0.3 is 16.0 Å². The predicted molar refractivity (Wildman–Crippen MR) is 71.3 cm³/mol. The van der Waals surface area contributed by atoms with Crippen molar-refractivity contribution in [2.45, 2.75) is 23.8 Å². The van der Waals surface area contributed by atoms with Crippen LogP contribution in [0, 0.1) is 0 Å². The molecule has 5 heteroatoms. The Morgan fingerprint density at radius 1 is 1.41 bits per heavy atom. The summed E-state index contributed by atoms with van der Waals surface area (Å²) in [5.41, 5.74) is 6.67. The van der Waals surface area contributed by atoms with E-state index in [-0.39, 0.29) is 22.9 Å². The molecule has 2 unspecified atom stereocenters. The van der Waals surface area contributed by atoms with Gasteiger partial charge in [0.1, 0.15) is 5.84 Å². The third kappa shape index (κ3) is 4.66. The Morgan fingerprint density at radius 2 is 2.06 bits per heavy atom. The van der Waals surface area contributed by atoms with Gasteiger partial charge in [0.15, 0.2) is 0 Å². The van der Waals surface area contributed by atoms with Crippen molar-refractivity contribution in [2.24, 2.45) is 10.9 Å². The van der Waals surface area contributed by atoms with Gasteiger partial charge in [-0.1, -0.05) is 42.4 Å². The third-order valence-electron chi connectivity index (χ3n) is 2.35. The second-order valence-electron chi connectivity index (χ2n) is 3.82. The lowest BCUT2D eigenvalue weighted by Crippen LogP contribution is -2.16. The minimum atomic E-state index is 0.0919. The van der Waals surface area contributed by atoms with Crippen molar-refractivity contribution in [3.8, 4) is 0 Å². The normalized spacial score (nSPS) is 15.5. The summed E-state index contributed by atoms with van der Waals surface area (Å²) in [6, 6.07) is 9.88. The minimum absolute atomic E-state index is 0.0919. The van der Waals surface area contributed by atoms with E-state index in [1.54, 1.807) is 11.8 Å². The van der Waals surface area contributed by atoms with E-state index < -0.39 is 0 Å². The number of oxime groups is 1. The maximum Gasteiger partial charge on any atom is 0.140 e. The number of benzene rings is 1. The van der Waals surface area contributed by atoms with E-state index in [1.807, 2.05) is 37.3 Å². The van der Waals surface area contributed by atoms with Gasteiger partial charge in [0.25, 0.3) is 0 Å². The van der Waals surface area contributed by atoms with Gasteiger partial charge in [-0.25, -0.2) is 0 Å². The zero-order valence-electron chi connectivity index (χ0n) is 9.78. The fourth-order valence-electron chi connectivity index (χ4n) is 1.47. The lowest BCUT2D eigenvalue weighted by molar-refractivity contribution is 0.299. The fraction of sp³-hybridized carbons (Fsp3) is 0.417. The lowest BCUT2D eigenvalue weighted by atomic mass is 10.1. The monoisotopic (exact) mass is 254 g/mol. The van der Waals surface area contributed by atoms with Crippen LogP contribution >= 0.6 is 11.8 Å². The van der Waals surface area contributed by atoms with Crippen LogP contribution in [-0.2, 0) is 0 Å². The third-order valence-corrected chi connectivity index (χ3v) is 3.73. The molecule has 0 bridgehead atoms. The van der Waals surface area contributed by atoms with Crippen LogP contribution in [0.5, 0.6) is 0 Å². The van der Waals surface area contributed by atoms with Crippen LogP contribution in [0.3, 0.4) is 0 Å².